The molecule has 0 aliphatic rings. The second kappa shape index (κ2) is 7.98. The van der Waals surface area contributed by atoms with E-state index in [1.165, 1.54) is 0 Å². The van der Waals surface area contributed by atoms with E-state index in [4.69, 9.17) is 11.6 Å². The van der Waals surface area contributed by atoms with Gasteiger partial charge in [0.1, 0.15) is 0 Å². The molecule has 1 aromatic rings. The fourth-order valence-electron chi connectivity index (χ4n) is 1.79. The fraction of sp³-hybridized carbons (Fsp3) is 0.500. The Kier molecular flexibility index (Phi) is 6.58. The van der Waals surface area contributed by atoms with Gasteiger partial charge >= 0.3 is 6.03 Å². The first-order chi connectivity index (χ1) is 8.61. The number of benzene rings is 1. The lowest BCUT2D eigenvalue weighted by molar-refractivity contribution is 0.249. The maximum absolute atomic E-state index is 11.7. The van der Waals surface area contributed by atoms with E-state index < -0.39 is 0 Å². The minimum Gasteiger partial charge on any atom is -0.338 e. The zero-order valence-electron chi connectivity index (χ0n) is 10.9. The van der Waals surface area contributed by atoms with Crippen LogP contribution >= 0.6 is 11.6 Å². The van der Waals surface area contributed by atoms with Crippen LogP contribution in [-0.4, -0.2) is 18.0 Å². The number of halogens is 1. The third-order valence-corrected chi connectivity index (χ3v) is 3.00. The summed E-state index contributed by atoms with van der Waals surface area (Å²) in [7, 11) is 0. The Labute approximate surface area is 114 Å². The summed E-state index contributed by atoms with van der Waals surface area (Å²) in [6.45, 7) is 4.75. The molecule has 4 heteroatoms. The van der Waals surface area contributed by atoms with Crippen LogP contribution in [0.15, 0.2) is 30.3 Å². The van der Waals surface area contributed by atoms with E-state index in [1.54, 1.807) is 0 Å². The first-order valence-corrected chi connectivity index (χ1v) is 6.79. The highest BCUT2D eigenvalue weighted by Gasteiger charge is 2.11. The number of rotatable bonds is 6. The van der Waals surface area contributed by atoms with E-state index >= 15 is 0 Å². The highest BCUT2D eigenvalue weighted by Crippen LogP contribution is 2.13. The Morgan fingerprint density at radius 2 is 2.00 bits per heavy atom. The standard InChI is InChI=1S/C14H21ClN2O/c1-3-12(9-11(2)15)10-16-14(18)17-13-7-5-4-6-8-13/h4-8,11-12H,3,9-10H2,1-2H3,(H2,16,17,18). The number of carbonyl (C=O) groups excluding carboxylic acids is 1. The van der Waals surface area contributed by atoms with E-state index in [0.29, 0.717) is 12.5 Å². The minimum atomic E-state index is -0.165. The van der Waals surface area contributed by atoms with Crippen LogP contribution in [0.5, 0.6) is 0 Å². The van der Waals surface area contributed by atoms with Crippen molar-refractivity contribution in [2.24, 2.45) is 5.92 Å². The van der Waals surface area contributed by atoms with Crippen molar-refractivity contribution in [2.45, 2.75) is 32.1 Å². The van der Waals surface area contributed by atoms with Gasteiger partial charge in [-0.1, -0.05) is 31.5 Å². The Morgan fingerprint density at radius 3 is 2.56 bits per heavy atom. The molecule has 0 saturated carbocycles. The maximum atomic E-state index is 11.7. The van der Waals surface area contributed by atoms with Crippen LogP contribution in [-0.2, 0) is 0 Å². The van der Waals surface area contributed by atoms with Crippen LogP contribution < -0.4 is 10.6 Å². The predicted octanol–water partition coefficient (Wildman–Crippen LogP) is 3.85. The summed E-state index contributed by atoms with van der Waals surface area (Å²) in [5.41, 5.74) is 0.800. The van der Waals surface area contributed by atoms with Crippen LogP contribution in [0.3, 0.4) is 0 Å². The summed E-state index contributed by atoms with van der Waals surface area (Å²) in [5, 5.41) is 5.82. The van der Waals surface area contributed by atoms with Crippen molar-refractivity contribution in [3.63, 3.8) is 0 Å². The van der Waals surface area contributed by atoms with E-state index in [0.717, 1.165) is 18.5 Å². The van der Waals surface area contributed by atoms with Crippen LogP contribution in [0.4, 0.5) is 10.5 Å². The summed E-state index contributed by atoms with van der Waals surface area (Å²) in [6, 6.07) is 9.24. The van der Waals surface area contributed by atoms with Gasteiger partial charge in [-0.15, -0.1) is 11.6 Å². The molecule has 2 unspecified atom stereocenters. The van der Waals surface area contributed by atoms with Gasteiger partial charge in [0.2, 0.25) is 0 Å². The van der Waals surface area contributed by atoms with Crippen molar-refractivity contribution in [1.29, 1.82) is 0 Å². The van der Waals surface area contributed by atoms with Gasteiger partial charge in [-0.05, 0) is 31.4 Å². The van der Waals surface area contributed by atoms with Crippen LogP contribution in [0, 0.1) is 5.92 Å². The van der Waals surface area contributed by atoms with E-state index in [-0.39, 0.29) is 11.4 Å². The molecule has 0 heterocycles. The Morgan fingerprint density at radius 1 is 1.33 bits per heavy atom. The van der Waals surface area contributed by atoms with Crippen molar-refractivity contribution in [1.82, 2.24) is 5.32 Å². The van der Waals surface area contributed by atoms with Gasteiger partial charge in [0, 0.05) is 17.6 Å². The topological polar surface area (TPSA) is 41.1 Å². The zero-order valence-corrected chi connectivity index (χ0v) is 11.7. The first kappa shape index (κ1) is 14.8. The molecule has 0 aromatic heterocycles. The summed E-state index contributed by atoms with van der Waals surface area (Å²) in [5.74, 6) is 0.430. The van der Waals surface area contributed by atoms with E-state index in [1.807, 2.05) is 37.3 Å². The number of urea groups is 1. The Balaban J connectivity index is 2.32. The second-order valence-electron chi connectivity index (χ2n) is 4.49. The maximum Gasteiger partial charge on any atom is 0.319 e. The van der Waals surface area contributed by atoms with Gasteiger partial charge in [-0.25, -0.2) is 4.79 Å². The third-order valence-electron chi connectivity index (χ3n) is 2.82. The molecule has 18 heavy (non-hydrogen) atoms. The van der Waals surface area contributed by atoms with Gasteiger partial charge in [0.15, 0.2) is 0 Å². The van der Waals surface area contributed by atoms with Gasteiger partial charge in [0.05, 0.1) is 0 Å². The highest BCUT2D eigenvalue weighted by atomic mass is 35.5. The number of hydrogen-bond acceptors (Lipinski definition) is 1. The summed E-state index contributed by atoms with van der Waals surface area (Å²) >= 11 is 5.97. The molecule has 0 aliphatic carbocycles. The average Bonchev–Trinajstić information content (AvgIpc) is 2.35. The Hall–Kier alpha value is -1.22. The molecule has 0 fully saturated rings. The van der Waals surface area contributed by atoms with Crippen molar-refractivity contribution >= 4 is 23.3 Å². The van der Waals surface area contributed by atoms with Crippen LogP contribution in [0.2, 0.25) is 0 Å². The lowest BCUT2D eigenvalue weighted by atomic mass is 10.0. The number of hydrogen-bond donors (Lipinski definition) is 2. The molecule has 2 atom stereocenters. The summed E-state index contributed by atoms with van der Waals surface area (Å²) < 4.78 is 0. The molecule has 0 bridgehead atoms. The first-order valence-electron chi connectivity index (χ1n) is 6.35. The lowest BCUT2D eigenvalue weighted by Crippen LogP contribution is -2.33. The van der Waals surface area contributed by atoms with Crippen molar-refractivity contribution in [3.05, 3.63) is 30.3 Å². The molecule has 0 saturated heterocycles. The molecule has 0 radical (unpaired) electrons. The average molecular weight is 269 g/mol. The van der Waals surface area contributed by atoms with Crippen molar-refractivity contribution in [3.8, 4) is 0 Å². The molecular formula is C14H21ClN2O. The lowest BCUT2D eigenvalue weighted by Gasteiger charge is -2.17. The molecule has 100 valence electrons. The normalized spacial score (nSPS) is 13.7. The SMILES string of the molecule is CCC(CNC(=O)Nc1ccccc1)CC(C)Cl. The number of para-hydroxylation sites is 1. The van der Waals surface area contributed by atoms with E-state index in [9.17, 15) is 4.79 Å². The number of alkyl halides is 1. The predicted molar refractivity (Wildman–Crippen MR) is 77.2 cm³/mol. The highest BCUT2D eigenvalue weighted by molar-refractivity contribution is 6.20. The fourth-order valence-corrected chi connectivity index (χ4v) is 2.04. The molecule has 0 spiro atoms. The third kappa shape index (κ3) is 5.92. The zero-order chi connectivity index (χ0) is 13.4. The number of carbonyl (C=O) groups is 1. The molecule has 2 N–H and O–H groups in total. The summed E-state index contributed by atoms with van der Waals surface area (Å²) in [4.78, 5) is 11.7. The minimum absolute atomic E-state index is 0.147. The monoisotopic (exact) mass is 268 g/mol. The largest absolute Gasteiger partial charge is 0.338 e. The molecule has 0 aliphatic heterocycles. The summed E-state index contributed by atoms with van der Waals surface area (Å²) in [6.07, 6.45) is 1.94. The van der Waals surface area contributed by atoms with Gasteiger partial charge in [0.25, 0.3) is 0 Å². The number of anilines is 1. The van der Waals surface area contributed by atoms with Crippen LogP contribution in [0.1, 0.15) is 26.7 Å². The molecule has 2 amide bonds. The quantitative estimate of drug-likeness (QED) is 0.756. The van der Waals surface area contributed by atoms with Crippen molar-refractivity contribution < 1.29 is 4.79 Å². The Bertz CT molecular complexity index is 354. The van der Waals surface area contributed by atoms with E-state index in [2.05, 4.69) is 17.6 Å². The molecule has 1 rings (SSSR count). The molecule has 3 nitrogen and oxygen atoms in total. The van der Waals surface area contributed by atoms with Gasteiger partial charge in [-0.3, -0.25) is 0 Å². The van der Waals surface area contributed by atoms with Gasteiger partial charge < -0.3 is 10.6 Å². The second-order valence-corrected chi connectivity index (χ2v) is 5.24. The van der Waals surface area contributed by atoms with Crippen LogP contribution in [0.25, 0.3) is 0 Å². The van der Waals surface area contributed by atoms with Crippen molar-refractivity contribution in [2.75, 3.05) is 11.9 Å². The molecular weight excluding hydrogens is 248 g/mol. The molecule has 1 aromatic carbocycles. The number of nitrogens with one attached hydrogen (secondary N) is 2. The smallest absolute Gasteiger partial charge is 0.319 e. The van der Waals surface area contributed by atoms with Gasteiger partial charge in [-0.2, -0.15) is 0 Å². The number of amides is 2.